The van der Waals surface area contributed by atoms with Crippen LogP contribution in [0.15, 0.2) is 18.2 Å². The first-order valence-corrected chi connectivity index (χ1v) is 9.06. The quantitative estimate of drug-likeness (QED) is 0.813. The van der Waals surface area contributed by atoms with Gasteiger partial charge >= 0.3 is 5.97 Å². The first-order chi connectivity index (χ1) is 11.3. The smallest absolute Gasteiger partial charge is 0.330 e. The number of ether oxygens (including phenoxy) is 1. The first-order valence-electron chi connectivity index (χ1n) is 7.34. The lowest BCUT2D eigenvalue weighted by Crippen LogP contribution is -2.45. The molecule has 1 saturated heterocycles. The van der Waals surface area contributed by atoms with Crippen LogP contribution in [0.4, 0.5) is 4.39 Å². The van der Waals surface area contributed by atoms with Crippen molar-refractivity contribution >= 4 is 21.7 Å². The zero-order chi connectivity index (χ0) is 17.9. The van der Waals surface area contributed by atoms with Crippen molar-refractivity contribution < 1.29 is 32.2 Å². The Morgan fingerprint density at radius 1 is 1.38 bits per heavy atom. The van der Waals surface area contributed by atoms with Crippen molar-refractivity contribution in [3.8, 4) is 5.75 Å². The Bertz CT molecular complexity index is 748. The highest BCUT2D eigenvalue weighted by molar-refractivity contribution is 7.92. The van der Waals surface area contributed by atoms with Gasteiger partial charge in [0.1, 0.15) is 5.25 Å². The minimum Gasteiger partial charge on any atom is -0.494 e. The van der Waals surface area contributed by atoms with Crippen molar-refractivity contribution in [1.29, 1.82) is 0 Å². The average Bonchev–Trinajstić information content (AvgIpc) is 2.51. The van der Waals surface area contributed by atoms with E-state index in [0.29, 0.717) is 12.8 Å². The van der Waals surface area contributed by atoms with Crippen LogP contribution < -0.4 is 10.1 Å². The largest absolute Gasteiger partial charge is 0.494 e. The van der Waals surface area contributed by atoms with Gasteiger partial charge in [0, 0.05) is 0 Å². The summed E-state index contributed by atoms with van der Waals surface area (Å²) in [7, 11) is -2.33. The monoisotopic (exact) mass is 359 g/mol. The zero-order valence-corrected chi connectivity index (χ0v) is 13.8. The normalized spacial score (nSPS) is 20.8. The molecule has 0 saturated carbocycles. The van der Waals surface area contributed by atoms with Gasteiger partial charge in [-0.2, -0.15) is 0 Å². The number of hydrogen-bond donors (Lipinski definition) is 2. The number of carbonyl (C=O) groups is 2. The Hall–Kier alpha value is -2.16. The number of carboxylic acid groups (broad SMARTS) is 1. The molecule has 1 fully saturated rings. The van der Waals surface area contributed by atoms with Gasteiger partial charge in [0.25, 0.3) is 0 Å². The summed E-state index contributed by atoms with van der Waals surface area (Å²) in [4.78, 5) is 23.7. The van der Waals surface area contributed by atoms with E-state index >= 15 is 0 Å². The second-order valence-electron chi connectivity index (χ2n) is 5.53. The number of hydrogen-bond acceptors (Lipinski definition) is 5. The number of rotatable bonds is 5. The summed E-state index contributed by atoms with van der Waals surface area (Å²) in [6, 6.07) is 1.93. The van der Waals surface area contributed by atoms with Crippen molar-refractivity contribution in [2.75, 3.05) is 12.9 Å². The molecule has 0 aliphatic carbocycles. The summed E-state index contributed by atoms with van der Waals surface area (Å²) in [5.74, 6) is -3.23. The summed E-state index contributed by atoms with van der Waals surface area (Å²) in [5, 5.41) is 10.2. The summed E-state index contributed by atoms with van der Waals surface area (Å²) in [6.07, 6.45) is 1.21. The molecule has 132 valence electrons. The van der Waals surface area contributed by atoms with E-state index in [1.165, 1.54) is 19.2 Å². The van der Waals surface area contributed by atoms with Crippen molar-refractivity contribution in [3.63, 3.8) is 0 Å². The van der Waals surface area contributed by atoms with E-state index in [9.17, 15) is 27.5 Å². The molecule has 2 N–H and O–H groups in total. The molecule has 9 heteroatoms. The molecule has 24 heavy (non-hydrogen) atoms. The number of aliphatic carboxylic acids is 1. The number of amides is 1. The van der Waals surface area contributed by atoms with E-state index < -0.39 is 38.8 Å². The summed E-state index contributed by atoms with van der Waals surface area (Å²) >= 11 is 0. The molecule has 0 bridgehead atoms. The number of nitrogens with one attached hydrogen (secondary N) is 1. The summed E-state index contributed by atoms with van der Waals surface area (Å²) in [5.41, 5.74) is -0.0117. The maximum atomic E-state index is 13.8. The molecular weight excluding hydrogens is 341 g/mol. The molecule has 1 aromatic carbocycles. The highest BCUT2D eigenvalue weighted by Crippen LogP contribution is 2.24. The van der Waals surface area contributed by atoms with E-state index in [2.05, 4.69) is 5.32 Å². The van der Waals surface area contributed by atoms with Crippen LogP contribution in [0.1, 0.15) is 30.9 Å². The first kappa shape index (κ1) is 18.2. The SMILES string of the molecule is COc1ccc(C(NC(=O)C2CCCCS2(=O)=O)C(=O)O)cc1F. The molecular formula is C15H18FNO6S. The molecule has 1 heterocycles. The van der Waals surface area contributed by atoms with Gasteiger partial charge in [-0.25, -0.2) is 17.6 Å². The van der Waals surface area contributed by atoms with Crippen molar-refractivity contribution in [2.24, 2.45) is 0 Å². The molecule has 1 aromatic rings. The predicted octanol–water partition coefficient (Wildman–Crippen LogP) is 1.04. The molecule has 2 rings (SSSR count). The molecule has 0 spiro atoms. The van der Waals surface area contributed by atoms with Gasteiger partial charge in [0.15, 0.2) is 27.4 Å². The molecule has 1 amide bonds. The minimum atomic E-state index is -3.59. The second kappa shape index (κ2) is 7.16. The van der Waals surface area contributed by atoms with Gasteiger partial charge in [0.2, 0.25) is 5.91 Å². The third-order valence-corrected chi connectivity index (χ3v) is 6.09. The molecule has 0 radical (unpaired) electrons. The van der Waals surface area contributed by atoms with Gasteiger partial charge in [-0.05, 0) is 30.5 Å². The van der Waals surface area contributed by atoms with Gasteiger partial charge in [-0.1, -0.05) is 12.5 Å². The van der Waals surface area contributed by atoms with Crippen molar-refractivity contribution in [3.05, 3.63) is 29.6 Å². The fourth-order valence-electron chi connectivity index (χ4n) is 2.63. The molecule has 2 unspecified atom stereocenters. The Morgan fingerprint density at radius 2 is 2.08 bits per heavy atom. The Labute approximate surface area is 138 Å². The lowest BCUT2D eigenvalue weighted by Gasteiger charge is -2.23. The van der Waals surface area contributed by atoms with Crippen LogP contribution in [0.5, 0.6) is 5.75 Å². The Kier molecular flexibility index (Phi) is 5.43. The van der Waals surface area contributed by atoms with Crippen LogP contribution in [-0.4, -0.2) is 43.5 Å². The maximum absolute atomic E-state index is 13.8. The van der Waals surface area contributed by atoms with Crippen LogP contribution in [0, 0.1) is 5.82 Å². The van der Waals surface area contributed by atoms with Gasteiger partial charge in [-0.3, -0.25) is 4.79 Å². The molecule has 7 nitrogen and oxygen atoms in total. The van der Waals surface area contributed by atoms with Crippen LogP contribution in [0.3, 0.4) is 0 Å². The van der Waals surface area contributed by atoms with E-state index in [1.807, 2.05) is 0 Å². The van der Waals surface area contributed by atoms with Crippen LogP contribution in [-0.2, 0) is 19.4 Å². The van der Waals surface area contributed by atoms with E-state index in [4.69, 9.17) is 4.74 Å². The van der Waals surface area contributed by atoms with E-state index in [0.717, 1.165) is 6.07 Å². The Balaban J connectivity index is 2.24. The van der Waals surface area contributed by atoms with E-state index in [1.54, 1.807) is 0 Å². The predicted molar refractivity (Wildman–Crippen MR) is 82.9 cm³/mol. The van der Waals surface area contributed by atoms with Crippen LogP contribution >= 0.6 is 0 Å². The lowest BCUT2D eigenvalue weighted by atomic mass is 10.1. The fraction of sp³-hybridized carbons (Fsp3) is 0.467. The maximum Gasteiger partial charge on any atom is 0.330 e. The van der Waals surface area contributed by atoms with Crippen LogP contribution in [0.2, 0.25) is 0 Å². The molecule has 2 atom stereocenters. The number of sulfone groups is 1. The average molecular weight is 359 g/mol. The second-order valence-corrected chi connectivity index (χ2v) is 7.83. The van der Waals surface area contributed by atoms with Crippen LogP contribution in [0.25, 0.3) is 0 Å². The number of carboxylic acids is 1. The van der Waals surface area contributed by atoms with Gasteiger partial charge in [-0.15, -0.1) is 0 Å². The topological polar surface area (TPSA) is 110 Å². The Morgan fingerprint density at radius 3 is 2.62 bits per heavy atom. The minimum absolute atomic E-state index is 0.0117. The highest BCUT2D eigenvalue weighted by atomic mass is 32.2. The fourth-order valence-corrected chi connectivity index (χ4v) is 4.45. The third-order valence-electron chi connectivity index (χ3n) is 3.91. The summed E-state index contributed by atoms with van der Waals surface area (Å²) < 4.78 is 42.4. The summed E-state index contributed by atoms with van der Waals surface area (Å²) in [6.45, 7) is 0. The van der Waals surface area contributed by atoms with Gasteiger partial charge in [0.05, 0.1) is 12.9 Å². The number of halogens is 1. The molecule has 1 aliphatic rings. The molecule has 0 aromatic heterocycles. The number of carbonyl (C=O) groups excluding carboxylic acids is 1. The highest BCUT2D eigenvalue weighted by Gasteiger charge is 2.37. The zero-order valence-electron chi connectivity index (χ0n) is 13.0. The molecule has 1 aliphatic heterocycles. The standard InChI is InChI=1S/C15H18FNO6S/c1-23-11-6-5-9(8-10(11)16)13(15(19)20)17-14(18)12-4-2-3-7-24(12,21)22/h5-6,8,12-13H,2-4,7H2,1H3,(H,17,18)(H,19,20). The van der Waals surface area contributed by atoms with Crippen molar-refractivity contribution in [1.82, 2.24) is 5.32 Å². The van der Waals surface area contributed by atoms with Gasteiger partial charge < -0.3 is 15.2 Å². The van der Waals surface area contributed by atoms with Crippen molar-refractivity contribution in [2.45, 2.75) is 30.6 Å². The number of methoxy groups -OCH3 is 1. The van der Waals surface area contributed by atoms with E-state index in [-0.39, 0.29) is 23.5 Å². The third kappa shape index (κ3) is 3.84. The lowest BCUT2D eigenvalue weighted by molar-refractivity contribution is -0.142. The number of benzene rings is 1.